The third kappa shape index (κ3) is 2.08. The molecule has 2 amide bonds. The van der Waals surface area contributed by atoms with Crippen LogP contribution in [0.3, 0.4) is 0 Å². The van der Waals surface area contributed by atoms with E-state index in [1.54, 1.807) is 23.3 Å². The lowest BCUT2D eigenvalue weighted by atomic mass is 9.92. The van der Waals surface area contributed by atoms with Gasteiger partial charge in [-0.1, -0.05) is 0 Å². The van der Waals surface area contributed by atoms with Gasteiger partial charge in [0, 0.05) is 24.5 Å². The van der Waals surface area contributed by atoms with Gasteiger partial charge in [-0.05, 0) is 42.7 Å². The molecule has 0 saturated heterocycles. The van der Waals surface area contributed by atoms with Gasteiger partial charge in [0.25, 0.3) is 0 Å². The van der Waals surface area contributed by atoms with Crippen molar-refractivity contribution in [2.75, 3.05) is 13.6 Å². The van der Waals surface area contributed by atoms with E-state index >= 15 is 0 Å². The Kier molecular flexibility index (Phi) is 3.41. The molecule has 1 unspecified atom stereocenters. The summed E-state index contributed by atoms with van der Waals surface area (Å²) >= 11 is 1.58. The van der Waals surface area contributed by atoms with Crippen LogP contribution in [0.1, 0.15) is 35.7 Å². The fourth-order valence-corrected chi connectivity index (χ4v) is 3.83. The first-order chi connectivity index (χ1) is 9.59. The van der Waals surface area contributed by atoms with Gasteiger partial charge in [-0.25, -0.2) is 9.59 Å². The number of fused-ring (bicyclic) bond motifs is 1. The molecule has 2 aliphatic rings. The number of aliphatic carboxylic acids is 1. The average Bonchev–Trinajstić information content (AvgIpc) is 2.82. The van der Waals surface area contributed by atoms with Crippen molar-refractivity contribution < 1.29 is 14.7 Å². The maximum Gasteiger partial charge on any atom is 0.331 e. The molecule has 1 saturated carbocycles. The first-order valence-corrected chi connectivity index (χ1v) is 7.80. The standard InChI is InChI=1S/C14H18N2O3S/c1-15(9-3-2-4-9)14(19)16-7-5-11-10(6-8-20-11)12(16)13(17)18/h6,8-9,12H,2-5,7H2,1H3,(H,17,18). The summed E-state index contributed by atoms with van der Waals surface area (Å²) in [6, 6.07) is 1.13. The van der Waals surface area contributed by atoms with Gasteiger partial charge in [0.1, 0.15) is 0 Å². The molecule has 1 aromatic rings. The van der Waals surface area contributed by atoms with Crippen molar-refractivity contribution in [3.05, 3.63) is 21.9 Å². The van der Waals surface area contributed by atoms with Crippen LogP contribution < -0.4 is 0 Å². The molecule has 1 aliphatic heterocycles. The molecule has 1 atom stereocenters. The van der Waals surface area contributed by atoms with Crippen LogP contribution in [0.4, 0.5) is 4.79 Å². The van der Waals surface area contributed by atoms with Crippen molar-refractivity contribution in [2.24, 2.45) is 0 Å². The van der Waals surface area contributed by atoms with Crippen molar-refractivity contribution in [3.8, 4) is 0 Å². The van der Waals surface area contributed by atoms with E-state index < -0.39 is 12.0 Å². The topological polar surface area (TPSA) is 60.9 Å². The molecule has 0 bridgehead atoms. The Morgan fingerprint density at radius 1 is 1.45 bits per heavy atom. The Balaban J connectivity index is 1.85. The Hall–Kier alpha value is -1.56. The summed E-state index contributed by atoms with van der Waals surface area (Å²) < 4.78 is 0. The van der Waals surface area contributed by atoms with Gasteiger partial charge in [0.05, 0.1) is 0 Å². The van der Waals surface area contributed by atoms with E-state index in [2.05, 4.69) is 0 Å². The van der Waals surface area contributed by atoms with E-state index in [9.17, 15) is 14.7 Å². The fraction of sp³-hybridized carbons (Fsp3) is 0.571. The molecule has 0 spiro atoms. The van der Waals surface area contributed by atoms with Crippen LogP contribution in [0.15, 0.2) is 11.4 Å². The minimum atomic E-state index is -0.945. The van der Waals surface area contributed by atoms with Crippen molar-refractivity contribution in [1.29, 1.82) is 0 Å². The number of amides is 2. The van der Waals surface area contributed by atoms with Gasteiger partial charge in [0.15, 0.2) is 6.04 Å². The quantitative estimate of drug-likeness (QED) is 0.910. The first kappa shape index (κ1) is 13.4. The summed E-state index contributed by atoms with van der Waals surface area (Å²) in [7, 11) is 1.79. The highest BCUT2D eigenvalue weighted by Crippen LogP contribution is 2.35. The van der Waals surface area contributed by atoms with Gasteiger partial charge >= 0.3 is 12.0 Å². The van der Waals surface area contributed by atoms with Crippen LogP contribution in [0.5, 0.6) is 0 Å². The third-order valence-electron chi connectivity index (χ3n) is 4.37. The van der Waals surface area contributed by atoms with Gasteiger partial charge in [-0.2, -0.15) is 0 Å². The van der Waals surface area contributed by atoms with Crippen LogP contribution in [0.2, 0.25) is 0 Å². The molecular formula is C14H18N2O3S. The van der Waals surface area contributed by atoms with Crippen molar-refractivity contribution >= 4 is 23.3 Å². The van der Waals surface area contributed by atoms with E-state index in [-0.39, 0.29) is 12.1 Å². The average molecular weight is 294 g/mol. The largest absolute Gasteiger partial charge is 0.479 e. The van der Waals surface area contributed by atoms with Crippen molar-refractivity contribution in [1.82, 2.24) is 9.80 Å². The van der Waals surface area contributed by atoms with Crippen LogP contribution in [-0.4, -0.2) is 46.5 Å². The zero-order valence-corrected chi connectivity index (χ0v) is 12.2. The Morgan fingerprint density at radius 3 is 2.80 bits per heavy atom. The molecule has 1 aliphatic carbocycles. The summed E-state index contributed by atoms with van der Waals surface area (Å²) in [5.41, 5.74) is 0.782. The molecule has 0 aromatic carbocycles. The van der Waals surface area contributed by atoms with Crippen LogP contribution >= 0.6 is 11.3 Å². The minimum Gasteiger partial charge on any atom is -0.479 e. The number of rotatable bonds is 2. The summed E-state index contributed by atoms with van der Waals surface area (Å²) in [5.74, 6) is -0.945. The predicted octanol–water partition coefficient (Wildman–Crippen LogP) is 2.34. The lowest BCUT2D eigenvalue weighted by Gasteiger charge is -2.41. The molecular weight excluding hydrogens is 276 g/mol. The summed E-state index contributed by atoms with van der Waals surface area (Å²) in [5, 5.41) is 11.4. The number of carboxylic acids is 1. The van der Waals surface area contributed by atoms with Gasteiger partial charge in [-0.3, -0.25) is 0 Å². The minimum absolute atomic E-state index is 0.154. The molecule has 2 heterocycles. The molecule has 5 nitrogen and oxygen atoms in total. The molecule has 6 heteroatoms. The summed E-state index contributed by atoms with van der Waals surface area (Å²) in [4.78, 5) is 28.5. The second-order valence-corrected chi connectivity index (χ2v) is 6.46. The maximum atomic E-state index is 12.6. The van der Waals surface area contributed by atoms with E-state index in [1.165, 1.54) is 4.90 Å². The smallest absolute Gasteiger partial charge is 0.331 e. The number of urea groups is 1. The second kappa shape index (κ2) is 5.09. The van der Waals surface area contributed by atoms with Gasteiger partial charge < -0.3 is 14.9 Å². The van der Waals surface area contributed by atoms with E-state index in [4.69, 9.17) is 0 Å². The monoisotopic (exact) mass is 294 g/mol. The summed E-state index contributed by atoms with van der Waals surface area (Å²) in [6.45, 7) is 0.486. The van der Waals surface area contributed by atoms with Crippen LogP contribution in [0, 0.1) is 0 Å². The number of carboxylic acid groups (broad SMARTS) is 1. The number of nitrogens with zero attached hydrogens (tertiary/aromatic N) is 2. The van der Waals surface area contributed by atoms with Crippen molar-refractivity contribution in [2.45, 2.75) is 37.8 Å². The molecule has 20 heavy (non-hydrogen) atoms. The zero-order chi connectivity index (χ0) is 14.3. The van der Waals surface area contributed by atoms with E-state index in [0.29, 0.717) is 6.54 Å². The normalized spacial score (nSPS) is 22.1. The zero-order valence-electron chi connectivity index (χ0n) is 11.4. The molecule has 3 rings (SSSR count). The van der Waals surface area contributed by atoms with E-state index in [0.717, 1.165) is 36.1 Å². The first-order valence-electron chi connectivity index (χ1n) is 6.92. The molecule has 1 fully saturated rings. The number of thiophene rings is 1. The highest BCUT2D eigenvalue weighted by molar-refractivity contribution is 7.10. The number of carbonyl (C=O) groups excluding carboxylic acids is 1. The SMILES string of the molecule is CN(C(=O)N1CCc2sccc2C1C(=O)O)C1CCC1. The Morgan fingerprint density at radius 2 is 2.20 bits per heavy atom. The molecule has 1 N–H and O–H groups in total. The number of carbonyl (C=O) groups is 2. The third-order valence-corrected chi connectivity index (χ3v) is 5.37. The van der Waals surface area contributed by atoms with Crippen molar-refractivity contribution in [3.63, 3.8) is 0 Å². The number of hydrogen-bond acceptors (Lipinski definition) is 3. The predicted molar refractivity (Wildman–Crippen MR) is 75.9 cm³/mol. The highest BCUT2D eigenvalue weighted by atomic mass is 32.1. The van der Waals surface area contributed by atoms with Gasteiger partial charge in [0.2, 0.25) is 0 Å². The van der Waals surface area contributed by atoms with Gasteiger partial charge in [-0.15, -0.1) is 11.3 Å². The number of hydrogen-bond donors (Lipinski definition) is 1. The fourth-order valence-electron chi connectivity index (χ4n) is 2.92. The Bertz CT molecular complexity index is 538. The Labute approximate surface area is 121 Å². The molecule has 108 valence electrons. The highest BCUT2D eigenvalue weighted by Gasteiger charge is 2.39. The lowest BCUT2D eigenvalue weighted by molar-refractivity contribution is -0.143. The molecule has 0 radical (unpaired) electrons. The van der Waals surface area contributed by atoms with E-state index in [1.807, 2.05) is 11.4 Å². The van der Waals surface area contributed by atoms with Crippen LogP contribution in [0.25, 0.3) is 0 Å². The second-order valence-electron chi connectivity index (χ2n) is 5.46. The lowest BCUT2D eigenvalue weighted by Crippen LogP contribution is -2.52. The van der Waals surface area contributed by atoms with Crippen LogP contribution in [-0.2, 0) is 11.2 Å². The molecule has 1 aromatic heterocycles. The summed E-state index contributed by atoms with van der Waals surface area (Å²) in [6.07, 6.45) is 3.95. The maximum absolute atomic E-state index is 12.6.